The Morgan fingerprint density at radius 2 is 1.62 bits per heavy atom. The topological polar surface area (TPSA) is 20.2 Å². The van der Waals surface area contributed by atoms with Crippen LogP contribution >= 0.6 is 0 Å². The van der Waals surface area contributed by atoms with Crippen LogP contribution in [0.25, 0.3) is 0 Å². The molecule has 0 radical (unpaired) electrons. The fourth-order valence-electron chi connectivity index (χ4n) is 6.74. The van der Waals surface area contributed by atoms with Gasteiger partial charge in [-0.1, -0.05) is 47.0 Å². The molecule has 0 saturated heterocycles. The minimum Gasteiger partial charge on any atom is -0.396 e. The van der Waals surface area contributed by atoms with E-state index in [4.69, 9.17) is 0 Å². The quantitative estimate of drug-likeness (QED) is 0.697. The largest absolute Gasteiger partial charge is 0.396 e. The maximum Gasteiger partial charge on any atom is 0.0490 e. The van der Waals surface area contributed by atoms with Gasteiger partial charge in [-0.2, -0.15) is 0 Å². The predicted octanol–water partition coefficient (Wildman–Crippen LogP) is 5.27. The van der Waals surface area contributed by atoms with E-state index in [1.807, 2.05) is 0 Å². The van der Waals surface area contributed by atoms with Crippen LogP contribution in [0.2, 0.25) is 0 Å². The molecule has 1 heteroatoms. The van der Waals surface area contributed by atoms with Crippen molar-refractivity contribution >= 4 is 0 Å². The van der Waals surface area contributed by atoms with E-state index in [0.29, 0.717) is 12.0 Å². The summed E-state index contributed by atoms with van der Waals surface area (Å²) in [6, 6.07) is 0. The van der Waals surface area contributed by atoms with Crippen molar-refractivity contribution in [2.24, 2.45) is 40.4 Å². The first kappa shape index (κ1) is 15.8. The van der Waals surface area contributed by atoms with Crippen LogP contribution in [0.5, 0.6) is 0 Å². The molecule has 0 aromatic carbocycles. The van der Waals surface area contributed by atoms with E-state index in [-0.39, 0.29) is 5.41 Å². The molecular formula is C20H36O. The molecule has 0 aliphatic heterocycles. The van der Waals surface area contributed by atoms with E-state index in [1.54, 1.807) is 0 Å². The molecular weight excluding hydrogens is 256 g/mol. The number of fused-ring (bicyclic) bond motifs is 3. The van der Waals surface area contributed by atoms with E-state index < -0.39 is 0 Å². The van der Waals surface area contributed by atoms with Gasteiger partial charge >= 0.3 is 0 Å². The highest BCUT2D eigenvalue weighted by Gasteiger charge is 2.52. The number of aliphatic hydroxyl groups is 1. The summed E-state index contributed by atoms with van der Waals surface area (Å²) in [5.74, 6) is 4.23. The van der Waals surface area contributed by atoms with Crippen molar-refractivity contribution in [3.05, 3.63) is 0 Å². The maximum absolute atomic E-state index is 10.3. The fourth-order valence-corrected chi connectivity index (χ4v) is 6.74. The Morgan fingerprint density at radius 3 is 2.33 bits per heavy atom. The highest BCUT2D eigenvalue weighted by Crippen LogP contribution is 2.60. The van der Waals surface area contributed by atoms with Gasteiger partial charge in [-0.15, -0.1) is 0 Å². The Kier molecular flexibility index (Phi) is 4.19. The van der Waals surface area contributed by atoms with Crippen molar-refractivity contribution < 1.29 is 5.11 Å². The third-order valence-electron chi connectivity index (χ3n) is 8.28. The van der Waals surface area contributed by atoms with Gasteiger partial charge < -0.3 is 5.11 Å². The third-order valence-corrected chi connectivity index (χ3v) is 8.28. The Morgan fingerprint density at radius 1 is 0.905 bits per heavy atom. The van der Waals surface area contributed by atoms with Gasteiger partial charge in [0.15, 0.2) is 0 Å². The lowest BCUT2D eigenvalue weighted by Gasteiger charge is -2.57. The second-order valence-corrected chi connectivity index (χ2v) is 9.45. The van der Waals surface area contributed by atoms with Crippen molar-refractivity contribution in [1.29, 1.82) is 0 Å². The standard InChI is InChI=1S/C20H36O/c1-14-6-5-10-20(13-21)11-9-17-15(2)7-8-16(12-18(14)20)19(17,3)4/h14-18,21H,5-13H2,1-4H3/t14-,15-,16+,17+,18-,20-/m1/s1. The van der Waals surface area contributed by atoms with E-state index >= 15 is 0 Å². The molecule has 21 heavy (non-hydrogen) atoms. The molecule has 1 nitrogen and oxygen atoms in total. The molecule has 122 valence electrons. The van der Waals surface area contributed by atoms with Gasteiger partial charge in [-0.25, -0.2) is 0 Å². The minimum atomic E-state index is 0.266. The van der Waals surface area contributed by atoms with E-state index in [9.17, 15) is 5.11 Å². The van der Waals surface area contributed by atoms with Crippen molar-refractivity contribution in [3.8, 4) is 0 Å². The Bertz CT molecular complexity index is 374. The number of hydrogen-bond acceptors (Lipinski definition) is 1. The van der Waals surface area contributed by atoms with Crippen LogP contribution in [-0.2, 0) is 0 Å². The lowest BCUT2D eigenvalue weighted by Crippen LogP contribution is -2.50. The van der Waals surface area contributed by atoms with Gasteiger partial charge in [0.2, 0.25) is 0 Å². The van der Waals surface area contributed by atoms with Crippen LogP contribution in [0.4, 0.5) is 0 Å². The summed E-state index contributed by atoms with van der Waals surface area (Å²) >= 11 is 0. The highest BCUT2D eigenvalue weighted by atomic mass is 16.3. The second-order valence-electron chi connectivity index (χ2n) is 9.45. The summed E-state index contributed by atoms with van der Waals surface area (Å²) < 4.78 is 0. The summed E-state index contributed by atoms with van der Waals surface area (Å²) in [5, 5.41) is 10.3. The predicted molar refractivity (Wildman–Crippen MR) is 89.0 cm³/mol. The van der Waals surface area contributed by atoms with Gasteiger partial charge in [0.25, 0.3) is 0 Å². The third kappa shape index (κ3) is 2.48. The molecule has 0 unspecified atom stereocenters. The van der Waals surface area contributed by atoms with E-state index in [1.165, 1.54) is 51.4 Å². The average Bonchev–Trinajstić information content (AvgIpc) is 2.43. The summed E-state index contributed by atoms with van der Waals surface area (Å²) in [4.78, 5) is 0. The zero-order valence-corrected chi connectivity index (χ0v) is 14.7. The molecule has 0 spiro atoms. The molecule has 3 rings (SSSR count). The van der Waals surface area contributed by atoms with Gasteiger partial charge in [-0.3, -0.25) is 0 Å². The first-order valence-corrected chi connectivity index (χ1v) is 9.51. The Balaban J connectivity index is 1.93. The molecule has 1 N–H and O–H groups in total. The smallest absolute Gasteiger partial charge is 0.0490 e. The molecule has 3 aliphatic carbocycles. The zero-order chi connectivity index (χ0) is 15.3. The van der Waals surface area contributed by atoms with E-state index in [0.717, 1.165) is 29.6 Å². The zero-order valence-electron chi connectivity index (χ0n) is 14.7. The van der Waals surface area contributed by atoms with Crippen molar-refractivity contribution in [2.75, 3.05) is 6.61 Å². The van der Waals surface area contributed by atoms with Crippen molar-refractivity contribution in [3.63, 3.8) is 0 Å². The number of hydrogen-bond donors (Lipinski definition) is 1. The van der Waals surface area contributed by atoms with Gasteiger partial charge in [0.05, 0.1) is 0 Å². The van der Waals surface area contributed by atoms with Gasteiger partial charge in [0.1, 0.15) is 0 Å². The van der Waals surface area contributed by atoms with Crippen LogP contribution in [0.15, 0.2) is 0 Å². The summed E-state index contributed by atoms with van der Waals surface area (Å²) in [5.41, 5.74) is 0.776. The number of rotatable bonds is 1. The first-order valence-electron chi connectivity index (χ1n) is 9.51. The molecule has 2 bridgehead atoms. The summed E-state index contributed by atoms with van der Waals surface area (Å²) in [7, 11) is 0. The molecule has 0 aromatic rings. The SMILES string of the molecule is C[C@@H]1CCC[C@]2(CO)CC[C@H]3[C@H](C)CC[C@@H](C[C@H]12)C3(C)C. The molecule has 0 aromatic heterocycles. The molecule has 3 fully saturated rings. The summed E-state index contributed by atoms with van der Waals surface area (Å²) in [6.07, 6.45) is 10.9. The highest BCUT2D eigenvalue weighted by molar-refractivity contribution is 5.01. The average molecular weight is 293 g/mol. The monoisotopic (exact) mass is 292 g/mol. The lowest BCUT2D eigenvalue weighted by atomic mass is 9.48. The lowest BCUT2D eigenvalue weighted by molar-refractivity contribution is -0.0932. The van der Waals surface area contributed by atoms with Gasteiger partial charge in [0, 0.05) is 6.61 Å². The first-order chi connectivity index (χ1) is 9.90. The molecule has 3 aliphatic rings. The number of aliphatic hydroxyl groups excluding tert-OH is 1. The van der Waals surface area contributed by atoms with Crippen LogP contribution in [0.3, 0.4) is 0 Å². The van der Waals surface area contributed by atoms with Gasteiger partial charge in [-0.05, 0) is 72.5 Å². The molecule has 6 atom stereocenters. The van der Waals surface area contributed by atoms with Crippen LogP contribution in [0, 0.1) is 40.4 Å². The molecule has 0 amide bonds. The minimum absolute atomic E-state index is 0.266. The second kappa shape index (κ2) is 5.55. The Labute approximate surface area is 131 Å². The van der Waals surface area contributed by atoms with Crippen LogP contribution < -0.4 is 0 Å². The van der Waals surface area contributed by atoms with Crippen molar-refractivity contribution in [1.82, 2.24) is 0 Å². The fraction of sp³-hybridized carbons (Fsp3) is 1.00. The van der Waals surface area contributed by atoms with Crippen molar-refractivity contribution in [2.45, 2.75) is 79.1 Å². The summed E-state index contributed by atoms with van der Waals surface area (Å²) in [6.45, 7) is 10.5. The molecule has 3 saturated carbocycles. The maximum atomic E-state index is 10.3. The normalized spacial score (nSPS) is 49.9. The van der Waals surface area contributed by atoms with Crippen LogP contribution in [-0.4, -0.2) is 11.7 Å². The Hall–Kier alpha value is -0.0400. The molecule has 0 heterocycles. The van der Waals surface area contributed by atoms with E-state index in [2.05, 4.69) is 27.7 Å². The van der Waals surface area contributed by atoms with Crippen LogP contribution in [0.1, 0.15) is 79.1 Å².